The Hall–Kier alpha value is -2.47. The number of ether oxygens (including phenoxy) is 1. The van der Waals surface area contributed by atoms with Crippen LogP contribution in [0.15, 0.2) is 53.0 Å². The van der Waals surface area contributed by atoms with Crippen molar-refractivity contribution in [3.8, 4) is 0 Å². The van der Waals surface area contributed by atoms with Crippen molar-refractivity contribution in [3.63, 3.8) is 0 Å². The lowest BCUT2D eigenvalue weighted by Gasteiger charge is -2.13. The van der Waals surface area contributed by atoms with E-state index in [0.29, 0.717) is 4.47 Å². The van der Waals surface area contributed by atoms with Gasteiger partial charge in [-0.25, -0.2) is 9.18 Å². The molecule has 0 fully saturated rings. The van der Waals surface area contributed by atoms with Gasteiger partial charge in [0.05, 0.1) is 5.69 Å². The zero-order valence-corrected chi connectivity index (χ0v) is 15.3. The van der Waals surface area contributed by atoms with E-state index in [-0.39, 0.29) is 5.69 Å². The average molecular weight is 406 g/mol. The van der Waals surface area contributed by atoms with Crippen LogP contribution in [0.4, 0.5) is 10.1 Å². The smallest absolute Gasteiger partial charge is 0.331 e. The number of nitrogens with one attached hydrogen (secondary N) is 1. The summed E-state index contributed by atoms with van der Waals surface area (Å²) < 4.78 is 19.3. The van der Waals surface area contributed by atoms with Gasteiger partial charge in [-0.1, -0.05) is 45.8 Å². The monoisotopic (exact) mass is 405 g/mol. The van der Waals surface area contributed by atoms with Gasteiger partial charge in [0.25, 0.3) is 5.91 Å². The summed E-state index contributed by atoms with van der Waals surface area (Å²) in [4.78, 5) is 23.8. The van der Waals surface area contributed by atoms with E-state index in [0.717, 1.165) is 11.1 Å². The quantitative estimate of drug-likeness (QED) is 0.589. The second kappa shape index (κ2) is 8.58. The number of anilines is 1. The van der Waals surface area contributed by atoms with Gasteiger partial charge < -0.3 is 10.1 Å². The van der Waals surface area contributed by atoms with Gasteiger partial charge in [-0.05, 0) is 43.7 Å². The summed E-state index contributed by atoms with van der Waals surface area (Å²) in [5.74, 6) is -1.85. The van der Waals surface area contributed by atoms with Crippen LogP contribution in [0.25, 0.3) is 6.08 Å². The SMILES string of the molecule is Cc1ccc(/C=C/C(=O)O[C@@H](C)C(=O)Nc2ccc(Br)cc2F)cc1. The summed E-state index contributed by atoms with van der Waals surface area (Å²) in [5, 5.41) is 2.39. The Balaban J connectivity index is 1.91. The number of halogens is 2. The maximum absolute atomic E-state index is 13.7. The van der Waals surface area contributed by atoms with Crippen LogP contribution in [0.1, 0.15) is 18.1 Å². The van der Waals surface area contributed by atoms with Crippen molar-refractivity contribution in [1.82, 2.24) is 0 Å². The molecule has 4 nitrogen and oxygen atoms in total. The predicted octanol–water partition coefficient (Wildman–Crippen LogP) is 4.48. The van der Waals surface area contributed by atoms with Gasteiger partial charge in [0.2, 0.25) is 0 Å². The van der Waals surface area contributed by atoms with E-state index in [9.17, 15) is 14.0 Å². The van der Waals surface area contributed by atoms with Crippen molar-refractivity contribution < 1.29 is 18.7 Å². The molecule has 0 spiro atoms. The Morgan fingerprint density at radius 2 is 1.88 bits per heavy atom. The molecule has 1 amide bonds. The van der Waals surface area contributed by atoms with Crippen molar-refractivity contribution in [2.75, 3.05) is 5.32 Å². The Kier molecular flexibility index (Phi) is 6.47. The normalized spacial score (nSPS) is 12.0. The molecule has 0 saturated heterocycles. The first kappa shape index (κ1) is 18.9. The molecule has 0 heterocycles. The standard InChI is InChI=1S/C19H17BrFNO3/c1-12-3-5-14(6-4-12)7-10-18(23)25-13(2)19(24)22-17-9-8-15(20)11-16(17)21/h3-11,13H,1-2H3,(H,22,24)/b10-7+/t13-/m0/s1. The van der Waals surface area contributed by atoms with Gasteiger partial charge in [-0.15, -0.1) is 0 Å². The minimum atomic E-state index is -1.06. The molecule has 25 heavy (non-hydrogen) atoms. The third-order valence-electron chi connectivity index (χ3n) is 3.34. The minimum absolute atomic E-state index is 0.0197. The van der Waals surface area contributed by atoms with E-state index in [2.05, 4.69) is 21.2 Å². The van der Waals surface area contributed by atoms with Gasteiger partial charge in [0.15, 0.2) is 6.10 Å². The molecule has 6 heteroatoms. The fourth-order valence-electron chi connectivity index (χ4n) is 1.93. The van der Waals surface area contributed by atoms with E-state index in [4.69, 9.17) is 4.74 Å². The molecule has 0 unspecified atom stereocenters. The predicted molar refractivity (Wildman–Crippen MR) is 98.5 cm³/mol. The molecule has 0 radical (unpaired) electrons. The Bertz CT molecular complexity index is 803. The lowest BCUT2D eigenvalue weighted by Crippen LogP contribution is -2.29. The number of hydrogen-bond donors (Lipinski definition) is 1. The summed E-state index contributed by atoms with van der Waals surface area (Å²) in [7, 11) is 0. The second-order valence-electron chi connectivity index (χ2n) is 5.44. The van der Waals surface area contributed by atoms with E-state index in [1.165, 1.54) is 25.1 Å². The zero-order chi connectivity index (χ0) is 18.4. The largest absolute Gasteiger partial charge is 0.449 e. The highest BCUT2D eigenvalue weighted by Crippen LogP contribution is 2.19. The van der Waals surface area contributed by atoms with Gasteiger partial charge in [0.1, 0.15) is 5.82 Å². The van der Waals surface area contributed by atoms with E-state index < -0.39 is 23.8 Å². The molecule has 0 aliphatic rings. The molecule has 1 N–H and O–H groups in total. The van der Waals surface area contributed by atoms with E-state index in [1.807, 2.05) is 31.2 Å². The maximum atomic E-state index is 13.7. The fourth-order valence-corrected chi connectivity index (χ4v) is 2.27. The van der Waals surface area contributed by atoms with Crippen LogP contribution in [-0.2, 0) is 14.3 Å². The van der Waals surface area contributed by atoms with E-state index in [1.54, 1.807) is 12.1 Å². The van der Waals surface area contributed by atoms with Crippen LogP contribution in [0.5, 0.6) is 0 Å². The van der Waals surface area contributed by atoms with Gasteiger partial charge >= 0.3 is 5.97 Å². The highest BCUT2D eigenvalue weighted by atomic mass is 79.9. The molecule has 2 rings (SSSR count). The summed E-state index contributed by atoms with van der Waals surface area (Å²) >= 11 is 3.13. The van der Waals surface area contributed by atoms with Crippen LogP contribution in [0.3, 0.4) is 0 Å². The summed E-state index contributed by atoms with van der Waals surface area (Å²) in [6, 6.07) is 11.8. The van der Waals surface area contributed by atoms with E-state index >= 15 is 0 Å². The van der Waals surface area contributed by atoms with Crippen molar-refractivity contribution in [2.24, 2.45) is 0 Å². The van der Waals surface area contributed by atoms with Crippen LogP contribution >= 0.6 is 15.9 Å². The highest BCUT2D eigenvalue weighted by molar-refractivity contribution is 9.10. The molecule has 1 atom stereocenters. The molecule has 0 bridgehead atoms. The molecular formula is C19H17BrFNO3. The number of rotatable bonds is 5. The first-order chi connectivity index (χ1) is 11.8. The van der Waals surface area contributed by atoms with Crippen molar-refractivity contribution >= 4 is 39.6 Å². The average Bonchev–Trinajstić information content (AvgIpc) is 2.56. The summed E-state index contributed by atoms with van der Waals surface area (Å²) in [6.07, 6.45) is 1.79. The van der Waals surface area contributed by atoms with Crippen LogP contribution < -0.4 is 5.32 Å². The molecule has 0 aromatic heterocycles. The minimum Gasteiger partial charge on any atom is -0.449 e. The molecule has 2 aromatic carbocycles. The second-order valence-corrected chi connectivity index (χ2v) is 6.35. The first-order valence-corrected chi connectivity index (χ1v) is 8.36. The van der Waals surface area contributed by atoms with Crippen LogP contribution in [0.2, 0.25) is 0 Å². The highest BCUT2D eigenvalue weighted by Gasteiger charge is 2.18. The molecule has 0 aliphatic carbocycles. The summed E-state index contributed by atoms with van der Waals surface area (Å²) in [6.45, 7) is 3.39. The van der Waals surface area contributed by atoms with Gasteiger partial charge in [0, 0.05) is 10.5 Å². The number of esters is 1. The van der Waals surface area contributed by atoms with Crippen LogP contribution in [0, 0.1) is 12.7 Å². The number of benzene rings is 2. The number of hydrogen-bond acceptors (Lipinski definition) is 3. The third-order valence-corrected chi connectivity index (χ3v) is 3.83. The summed E-state index contributed by atoms with van der Waals surface area (Å²) in [5.41, 5.74) is 1.98. The lowest BCUT2D eigenvalue weighted by atomic mass is 10.1. The Morgan fingerprint density at radius 1 is 1.20 bits per heavy atom. The topological polar surface area (TPSA) is 55.4 Å². The Morgan fingerprint density at radius 3 is 2.52 bits per heavy atom. The van der Waals surface area contributed by atoms with Gasteiger partial charge in [-0.2, -0.15) is 0 Å². The van der Waals surface area contributed by atoms with Gasteiger partial charge in [-0.3, -0.25) is 4.79 Å². The van der Waals surface area contributed by atoms with Crippen LogP contribution in [-0.4, -0.2) is 18.0 Å². The number of aryl methyl sites for hydroxylation is 1. The fraction of sp³-hybridized carbons (Fsp3) is 0.158. The number of carbonyl (C=O) groups is 2. The van der Waals surface area contributed by atoms with Crippen molar-refractivity contribution in [1.29, 1.82) is 0 Å². The van der Waals surface area contributed by atoms with Crippen molar-refractivity contribution in [2.45, 2.75) is 20.0 Å². The lowest BCUT2D eigenvalue weighted by molar-refractivity contribution is -0.148. The van der Waals surface area contributed by atoms with Crippen molar-refractivity contribution in [3.05, 3.63) is 70.0 Å². The molecule has 2 aromatic rings. The molecule has 0 saturated carbocycles. The maximum Gasteiger partial charge on any atom is 0.331 e. The Labute approximate surface area is 153 Å². The number of amides is 1. The zero-order valence-electron chi connectivity index (χ0n) is 13.8. The first-order valence-electron chi connectivity index (χ1n) is 7.56. The molecule has 0 aliphatic heterocycles. The molecule has 130 valence electrons. The third kappa shape index (κ3) is 5.83. The number of carbonyl (C=O) groups excluding carboxylic acids is 2. The molecular weight excluding hydrogens is 389 g/mol.